The third-order valence-electron chi connectivity index (χ3n) is 3.76. The predicted octanol–water partition coefficient (Wildman–Crippen LogP) is 2.61. The second kappa shape index (κ2) is 5.87. The molecule has 1 aliphatic rings. The lowest BCUT2D eigenvalue weighted by Gasteiger charge is -2.21. The molecule has 0 heterocycles. The number of carbonyl (C=O) groups is 2. The molecule has 1 aromatic rings. The van der Waals surface area contributed by atoms with Gasteiger partial charge in [-0.15, -0.1) is 0 Å². The minimum Gasteiger partial charge on any atom is -0.366 e. The molecule has 4 heteroatoms. The highest BCUT2D eigenvalue weighted by molar-refractivity contribution is 5.97. The Hall–Kier alpha value is -1.84. The number of rotatable bonds is 3. The second-order valence-electron chi connectivity index (χ2n) is 5.22. The van der Waals surface area contributed by atoms with Crippen molar-refractivity contribution in [3.63, 3.8) is 0 Å². The first-order chi connectivity index (χ1) is 9.08. The van der Waals surface area contributed by atoms with E-state index in [9.17, 15) is 9.59 Å². The number of nitrogens with two attached hydrogens (primary N) is 1. The van der Waals surface area contributed by atoms with Gasteiger partial charge in [0.2, 0.25) is 11.8 Å². The Bertz CT molecular complexity index is 491. The van der Waals surface area contributed by atoms with Crippen LogP contribution in [0.25, 0.3) is 0 Å². The van der Waals surface area contributed by atoms with Crippen LogP contribution in [0, 0.1) is 12.8 Å². The molecule has 2 rings (SSSR count). The largest absolute Gasteiger partial charge is 0.366 e. The minimum atomic E-state index is -0.479. The van der Waals surface area contributed by atoms with Crippen LogP contribution in [-0.4, -0.2) is 11.8 Å². The number of benzene rings is 1. The quantitative estimate of drug-likeness (QED) is 0.876. The maximum absolute atomic E-state index is 12.2. The summed E-state index contributed by atoms with van der Waals surface area (Å²) in [5.74, 6) is -0.317. The van der Waals surface area contributed by atoms with E-state index in [2.05, 4.69) is 5.32 Å². The van der Waals surface area contributed by atoms with Crippen molar-refractivity contribution in [3.8, 4) is 0 Å². The van der Waals surface area contributed by atoms with Crippen molar-refractivity contribution < 1.29 is 9.59 Å². The first-order valence-electron chi connectivity index (χ1n) is 6.79. The molecule has 1 aliphatic carbocycles. The first kappa shape index (κ1) is 13.6. The normalized spacial score (nSPS) is 16.1. The zero-order valence-electron chi connectivity index (χ0n) is 11.2. The van der Waals surface area contributed by atoms with E-state index < -0.39 is 5.91 Å². The summed E-state index contributed by atoms with van der Waals surface area (Å²) in [6.45, 7) is 1.90. The Morgan fingerprint density at radius 2 is 1.89 bits per heavy atom. The number of carbonyl (C=O) groups excluding carboxylic acids is 2. The summed E-state index contributed by atoms with van der Waals surface area (Å²) in [7, 11) is 0. The van der Waals surface area contributed by atoms with Gasteiger partial charge >= 0.3 is 0 Å². The van der Waals surface area contributed by atoms with Crippen LogP contribution in [0.5, 0.6) is 0 Å². The van der Waals surface area contributed by atoms with Crippen LogP contribution in [0.3, 0.4) is 0 Å². The Labute approximate surface area is 113 Å². The summed E-state index contributed by atoms with van der Waals surface area (Å²) in [4.78, 5) is 23.3. The predicted molar refractivity (Wildman–Crippen MR) is 74.9 cm³/mol. The Morgan fingerprint density at radius 1 is 1.21 bits per heavy atom. The van der Waals surface area contributed by atoms with Crippen LogP contribution in [0.15, 0.2) is 18.2 Å². The number of amides is 2. The maximum atomic E-state index is 12.2. The first-order valence-corrected chi connectivity index (χ1v) is 6.79. The molecule has 1 saturated carbocycles. The van der Waals surface area contributed by atoms with Gasteiger partial charge in [-0.1, -0.05) is 25.3 Å². The van der Waals surface area contributed by atoms with E-state index in [4.69, 9.17) is 5.73 Å². The SMILES string of the molecule is Cc1ccc(C(N)=O)cc1NC(=O)C1CCCCC1. The van der Waals surface area contributed by atoms with Gasteiger partial charge < -0.3 is 11.1 Å². The van der Waals surface area contributed by atoms with E-state index in [-0.39, 0.29) is 11.8 Å². The summed E-state index contributed by atoms with van der Waals surface area (Å²) in [5, 5.41) is 2.93. The van der Waals surface area contributed by atoms with Gasteiger partial charge in [-0.3, -0.25) is 9.59 Å². The molecular weight excluding hydrogens is 240 g/mol. The van der Waals surface area contributed by atoms with Gasteiger partial charge in [0, 0.05) is 17.2 Å². The van der Waals surface area contributed by atoms with Crippen molar-refractivity contribution in [3.05, 3.63) is 29.3 Å². The van der Waals surface area contributed by atoms with Gasteiger partial charge in [-0.25, -0.2) is 0 Å². The molecule has 1 aromatic carbocycles. The van der Waals surface area contributed by atoms with E-state index in [0.717, 1.165) is 31.2 Å². The maximum Gasteiger partial charge on any atom is 0.248 e. The minimum absolute atomic E-state index is 0.0596. The monoisotopic (exact) mass is 260 g/mol. The van der Waals surface area contributed by atoms with Gasteiger partial charge in [-0.2, -0.15) is 0 Å². The van der Waals surface area contributed by atoms with Crippen LogP contribution < -0.4 is 11.1 Å². The fourth-order valence-electron chi connectivity index (χ4n) is 2.51. The van der Waals surface area contributed by atoms with Gasteiger partial charge in [0.1, 0.15) is 0 Å². The standard InChI is InChI=1S/C15H20N2O2/c1-10-7-8-12(14(16)18)9-13(10)17-15(19)11-5-3-2-4-6-11/h7-9,11H,2-6H2,1H3,(H2,16,18)(H,17,19). The molecule has 3 N–H and O–H groups in total. The van der Waals surface area contributed by atoms with Gasteiger partial charge in [0.15, 0.2) is 0 Å². The topological polar surface area (TPSA) is 72.2 Å². The highest BCUT2D eigenvalue weighted by Crippen LogP contribution is 2.26. The molecule has 0 spiro atoms. The van der Waals surface area contributed by atoms with Crippen LogP contribution in [0.4, 0.5) is 5.69 Å². The van der Waals surface area contributed by atoms with Gasteiger partial charge in [-0.05, 0) is 37.5 Å². The Morgan fingerprint density at radius 3 is 2.53 bits per heavy atom. The molecule has 1 fully saturated rings. The molecule has 0 bridgehead atoms. The van der Waals surface area contributed by atoms with Crippen LogP contribution in [-0.2, 0) is 4.79 Å². The lowest BCUT2D eigenvalue weighted by Crippen LogP contribution is -2.25. The molecular formula is C15H20N2O2. The lowest BCUT2D eigenvalue weighted by atomic mass is 9.88. The highest BCUT2D eigenvalue weighted by atomic mass is 16.2. The van der Waals surface area contributed by atoms with Crippen LogP contribution >= 0.6 is 0 Å². The molecule has 2 amide bonds. The Balaban J connectivity index is 2.11. The molecule has 0 saturated heterocycles. The zero-order chi connectivity index (χ0) is 13.8. The average molecular weight is 260 g/mol. The van der Waals surface area contributed by atoms with Gasteiger partial charge in [0.05, 0.1) is 0 Å². The van der Waals surface area contributed by atoms with Crippen molar-refractivity contribution in [2.24, 2.45) is 11.7 Å². The Kier molecular flexibility index (Phi) is 4.20. The summed E-state index contributed by atoms with van der Waals surface area (Å²) in [6.07, 6.45) is 5.39. The number of hydrogen-bond donors (Lipinski definition) is 2. The third-order valence-corrected chi connectivity index (χ3v) is 3.76. The van der Waals surface area contributed by atoms with E-state index in [1.807, 2.05) is 6.92 Å². The molecule has 19 heavy (non-hydrogen) atoms. The van der Waals surface area contributed by atoms with Gasteiger partial charge in [0.25, 0.3) is 0 Å². The van der Waals surface area contributed by atoms with Crippen molar-refractivity contribution in [1.82, 2.24) is 0 Å². The average Bonchev–Trinajstić information content (AvgIpc) is 2.42. The number of aryl methyl sites for hydroxylation is 1. The smallest absolute Gasteiger partial charge is 0.248 e. The van der Waals surface area contributed by atoms with E-state index in [1.54, 1.807) is 18.2 Å². The zero-order valence-corrected chi connectivity index (χ0v) is 11.2. The molecule has 102 valence electrons. The number of anilines is 1. The fraction of sp³-hybridized carbons (Fsp3) is 0.467. The fourth-order valence-corrected chi connectivity index (χ4v) is 2.51. The number of hydrogen-bond acceptors (Lipinski definition) is 2. The summed E-state index contributed by atoms with van der Waals surface area (Å²) < 4.78 is 0. The molecule has 0 radical (unpaired) electrons. The molecule has 0 unspecified atom stereocenters. The number of nitrogens with one attached hydrogen (secondary N) is 1. The number of primary amides is 1. The summed E-state index contributed by atoms with van der Waals surface area (Å²) >= 11 is 0. The second-order valence-corrected chi connectivity index (χ2v) is 5.22. The van der Waals surface area contributed by atoms with Crippen molar-refractivity contribution in [1.29, 1.82) is 0 Å². The highest BCUT2D eigenvalue weighted by Gasteiger charge is 2.21. The van der Waals surface area contributed by atoms with E-state index in [1.165, 1.54) is 6.42 Å². The van der Waals surface area contributed by atoms with Crippen molar-refractivity contribution in [2.45, 2.75) is 39.0 Å². The van der Waals surface area contributed by atoms with Crippen molar-refractivity contribution >= 4 is 17.5 Å². The van der Waals surface area contributed by atoms with Crippen LogP contribution in [0.2, 0.25) is 0 Å². The summed E-state index contributed by atoms with van der Waals surface area (Å²) in [6, 6.07) is 5.13. The van der Waals surface area contributed by atoms with E-state index in [0.29, 0.717) is 11.3 Å². The molecule has 0 aliphatic heterocycles. The summed E-state index contributed by atoms with van der Waals surface area (Å²) in [5.41, 5.74) is 7.30. The molecule has 0 aromatic heterocycles. The van der Waals surface area contributed by atoms with E-state index >= 15 is 0 Å². The molecule has 0 atom stereocenters. The lowest BCUT2D eigenvalue weighted by molar-refractivity contribution is -0.120. The molecule has 4 nitrogen and oxygen atoms in total. The van der Waals surface area contributed by atoms with Crippen molar-refractivity contribution in [2.75, 3.05) is 5.32 Å². The third kappa shape index (κ3) is 3.34. The van der Waals surface area contributed by atoms with Crippen LogP contribution in [0.1, 0.15) is 48.0 Å².